The van der Waals surface area contributed by atoms with Gasteiger partial charge in [-0.05, 0) is 35.9 Å². The summed E-state index contributed by atoms with van der Waals surface area (Å²) in [5.74, 6) is -0.552. The van der Waals surface area contributed by atoms with E-state index in [0.29, 0.717) is 0 Å². The molecular weight excluding hydrogens is 279 g/mol. The van der Waals surface area contributed by atoms with Gasteiger partial charge < -0.3 is 9.47 Å². The lowest BCUT2D eigenvalue weighted by molar-refractivity contribution is -0.274. The van der Waals surface area contributed by atoms with E-state index in [1.807, 2.05) is 0 Å². The highest BCUT2D eigenvalue weighted by molar-refractivity contribution is 6.64. The Labute approximate surface area is 103 Å². The zero-order chi connectivity index (χ0) is 13.8. The van der Waals surface area contributed by atoms with Gasteiger partial charge in [0.05, 0.1) is 0 Å². The third-order valence-electron chi connectivity index (χ3n) is 1.47. The Morgan fingerprint density at radius 3 is 2.06 bits per heavy atom. The van der Waals surface area contributed by atoms with Crippen LogP contribution in [0.4, 0.5) is 22.8 Å². The molecule has 2 amide bonds. The van der Waals surface area contributed by atoms with Gasteiger partial charge in [0.2, 0.25) is 0 Å². The molecule has 0 unspecified atom stereocenters. The number of hydrogen-bond acceptors (Lipinski definition) is 4. The van der Waals surface area contributed by atoms with Crippen molar-refractivity contribution in [3.05, 3.63) is 24.3 Å². The zero-order valence-electron chi connectivity index (χ0n) is 8.45. The van der Waals surface area contributed by atoms with Crippen molar-refractivity contribution in [2.24, 2.45) is 0 Å². The minimum Gasteiger partial charge on any atom is -0.410 e. The molecule has 0 bridgehead atoms. The van der Waals surface area contributed by atoms with Crippen LogP contribution in [-0.2, 0) is 0 Å². The molecule has 0 aliphatic rings. The number of carbonyl (C=O) groups excluding carboxylic acids is 2. The standard InChI is InChI=1S/C9H5ClF3NO4/c10-7(15)14-8(16)17-5-1-3-6(4-2-5)18-9(11,12)13/h1-4H,(H,14,15,16). The van der Waals surface area contributed by atoms with E-state index in [2.05, 4.69) is 9.47 Å². The van der Waals surface area contributed by atoms with Crippen molar-refractivity contribution in [1.29, 1.82) is 0 Å². The van der Waals surface area contributed by atoms with Crippen molar-refractivity contribution in [2.75, 3.05) is 0 Å². The topological polar surface area (TPSA) is 64.6 Å². The van der Waals surface area contributed by atoms with Crippen LogP contribution < -0.4 is 14.8 Å². The molecular formula is C9H5ClF3NO4. The summed E-state index contributed by atoms with van der Waals surface area (Å²) in [7, 11) is 0. The predicted octanol–water partition coefficient (Wildman–Crippen LogP) is 3.03. The number of hydrogen-bond donors (Lipinski definition) is 1. The van der Waals surface area contributed by atoms with E-state index in [-0.39, 0.29) is 5.75 Å². The van der Waals surface area contributed by atoms with Crippen molar-refractivity contribution in [1.82, 2.24) is 5.32 Å². The summed E-state index contributed by atoms with van der Waals surface area (Å²) >= 11 is 4.84. The van der Waals surface area contributed by atoms with E-state index < -0.39 is 23.6 Å². The molecule has 1 aromatic rings. The van der Waals surface area contributed by atoms with E-state index in [4.69, 9.17) is 11.6 Å². The van der Waals surface area contributed by atoms with Crippen molar-refractivity contribution in [3.63, 3.8) is 0 Å². The fraction of sp³-hybridized carbons (Fsp3) is 0.111. The van der Waals surface area contributed by atoms with Crippen molar-refractivity contribution < 1.29 is 32.2 Å². The summed E-state index contributed by atoms with van der Waals surface area (Å²) in [6.07, 6.45) is -5.95. The molecule has 1 N–H and O–H groups in total. The molecule has 0 fully saturated rings. The van der Waals surface area contributed by atoms with Crippen LogP contribution in [0.2, 0.25) is 0 Å². The number of ether oxygens (including phenoxy) is 2. The first-order valence-corrected chi connectivity index (χ1v) is 4.68. The predicted molar refractivity (Wildman–Crippen MR) is 53.5 cm³/mol. The first-order valence-electron chi connectivity index (χ1n) is 4.30. The van der Waals surface area contributed by atoms with Crippen LogP contribution in [0.1, 0.15) is 0 Å². The monoisotopic (exact) mass is 283 g/mol. The van der Waals surface area contributed by atoms with Gasteiger partial charge in [0.25, 0.3) is 0 Å². The van der Waals surface area contributed by atoms with E-state index in [1.165, 1.54) is 0 Å². The summed E-state index contributed by atoms with van der Waals surface area (Å²) in [6, 6.07) is 4.00. The van der Waals surface area contributed by atoms with E-state index >= 15 is 0 Å². The van der Waals surface area contributed by atoms with Crippen LogP contribution in [0.5, 0.6) is 11.5 Å². The molecule has 0 aromatic heterocycles. The summed E-state index contributed by atoms with van der Waals surface area (Å²) < 4.78 is 43.6. The molecule has 1 aromatic carbocycles. The van der Waals surface area contributed by atoms with Crippen molar-refractivity contribution in [2.45, 2.75) is 6.36 Å². The molecule has 1 rings (SSSR count). The average Bonchev–Trinajstić information content (AvgIpc) is 2.17. The van der Waals surface area contributed by atoms with Gasteiger partial charge in [-0.2, -0.15) is 0 Å². The Balaban J connectivity index is 2.60. The van der Waals surface area contributed by atoms with Crippen molar-refractivity contribution >= 4 is 23.1 Å². The van der Waals surface area contributed by atoms with Gasteiger partial charge in [-0.15, -0.1) is 13.2 Å². The van der Waals surface area contributed by atoms with Gasteiger partial charge in [0, 0.05) is 0 Å². The smallest absolute Gasteiger partial charge is 0.410 e. The number of carbonyl (C=O) groups is 2. The van der Waals surface area contributed by atoms with Gasteiger partial charge >= 0.3 is 17.8 Å². The number of amides is 2. The second kappa shape index (κ2) is 5.58. The SMILES string of the molecule is O=C(Cl)NC(=O)Oc1ccc(OC(F)(F)F)cc1. The van der Waals surface area contributed by atoms with Crippen LogP contribution in [0.15, 0.2) is 24.3 Å². The van der Waals surface area contributed by atoms with Gasteiger partial charge in [0.15, 0.2) is 0 Å². The molecule has 0 heterocycles. The highest BCUT2D eigenvalue weighted by atomic mass is 35.5. The number of imide groups is 1. The molecule has 5 nitrogen and oxygen atoms in total. The minimum atomic E-state index is -4.80. The first kappa shape index (κ1) is 14.1. The normalized spacial score (nSPS) is 10.7. The second-order valence-corrected chi connectivity index (χ2v) is 3.15. The van der Waals surface area contributed by atoms with Crippen LogP contribution in [0, 0.1) is 0 Å². The van der Waals surface area contributed by atoms with Gasteiger partial charge in [-0.1, -0.05) is 0 Å². The number of nitrogens with one attached hydrogen (secondary N) is 1. The number of halogens is 4. The Morgan fingerprint density at radius 2 is 1.61 bits per heavy atom. The lowest BCUT2D eigenvalue weighted by Gasteiger charge is -2.09. The maximum Gasteiger partial charge on any atom is 0.573 e. The summed E-state index contributed by atoms with van der Waals surface area (Å²) in [4.78, 5) is 21.2. The molecule has 0 spiro atoms. The highest BCUT2D eigenvalue weighted by Gasteiger charge is 2.30. The fourth-order valence-electron chi connectivity index (χ4n) is 0.922. The lowest BCUT2D eigenvalue weighted by atomic mass is 10.3. The summed E-state index contributed by atoms with van der Waals surface area (Å²) in [5, 5.41) is 0.457. The van der Waals surface area contributed by atoms with Gasteiger partial charge in [-0.25, -0.2) is 10.1 Å². The molecule has 0 saturated carbocycles. The molecule has 0 aliphatic carbocycles. The maximum absolute atomic E-state index is 11.8. The minimum absolute atomic E-state index is 0.0834. The molecule has 9 heteroatoms. The Morgan fingerprint density at radius 1 is 1.11 bits per heavy atom. The molecule has 0 saturated heterocycles. The van der Waals surface area contributed by atoms with E-state index in [9.17, 15) is 22.8 Å². The number of rotatable bonds is 2. The lowest BCUT2D eigenvalue weighted by Crippen LogP contribution is -2.28. The fourth-order valence-corrected chi connectivity index (χ4v) is 0.999. The molecule has 0 aliphatic heterocycles. The van der Waals surface area contributed by atoms with Crippen LogP contribution >= 0.6 is 11.6 Å². The van der Waals surface area contributed by atoms with E-state index in [1.54, 1.807) is 5.32 Å². The van der Waals surface area contributed by atoms with Crippen LogP contribution in [-0.4, -0.2) is 17.8 Å². The Bertz CT molecular complexity index is 446. The number of benzene rings is 1. The Kier molecular flexibility index (Phi) is 4.38. The summed E-state index contributed by atoms with van der Waals surface area (Å²) in [6.45, 7) is 0. The van der Waals surface area contributed by atoms with Crippen LogP contribution in [0.25, 0.3) is 0 Å². The Hall–Kier alpha value is -1.96. The third kappa shape index (κ3) is 5.39. The van der Waals surface area contributed by atoms with E-state index in [0.717, 1.165) is 24.3 Å². The third-order valence-corrected chi connectivity index (χ3v) is 1.56. The molecule has 18 heavy (non-hydrogen) atoms. The average molecular weight is 284 g/mol. The van der Waals surface area contributed by atoms with Crippen LogP contribution in [0.3, 0.4) is 0 Å². The van der Waals surface area contributed by atoms with Gasteiger partial charge in [-0.3, -0.25) is 4.79 Å². The maximum atomic E-state index is 11.8. The highest BCUT2D eigenvalue weighted by Crippen LogP contribution is 2.24. The quantitative estimate of drug-likeness (QED) is 0.669. The second-order valence-electron chi connectivity index (χ2n) is 2.81. The van der Waals surface area contributed by atoms with Crippen molar-refractivity contribution in [3.8, 4) is 11.5 Å². The molecule has 0 radical (unpaired) electrons. The number of alkyl halides is 3. The summed E-state index contributed by atoms with van der Waals surface area (Å²) in [5.41, 5.74) is 0. The van der Waals surface area contributed by atoms with Gasteiger partial charge in [0.1, 0.15) is 11.5 Å². The zero-order valence-corrected chi connectivity index (χ0v) is 9.21. The molecule has 0 atom stereocenters. The molecule has 98 valence electrons. The largest absolute Gasteiger partial charge is 0.573 e. The first-order chi connectivity index (χ1) is 8.26.